The summed E-state index contributed by atoms with van der Waals surface area (Å²) in [5.41, 5.74) is 5.22. The topological polar surface area (TPSA) is 142 Å². The molecular formula is C26H20FN5O5. The second-order valence-electron chi connectivity index (χ2n) is 8.43. The number of carboxylic acid groups (broad SMARTS) is 1. The number of aromatic carboxylic acids is 1. The Morgan fingerprint density at radius 3 is 2.68 bits per heavy atom. The molecule has 4 aromatic rings. The van der Waals surface area contributed by atoms with Crippen molar-refractivity contribution < 1.29 is 28.6 Å². The minimum absolute atomic E-state index is 0.0267. The molecule has 1 aliphatic heterocycles. The number of aromatic nitrogens is 4. The first-order chi connectivity index (χ1) is 17.8. The number of fused-ring (bicyclic) bond motifs is 1. The van der Waals surface area contributed by atoms with E-state index in [1.54, 1.807) is 48.5 Å². The van der Waals surface area contributed by atoms with Crippen molar-refractivity contribution in [1.29, 1.82) is 0 Å². The zero-order valence-electron chi connectivity index (χ0n) is 19.2. The van der Waals surface area contributed by atoms with Crippen molar-refractivity contribution in [3.8, 4) is 12.3 Å². The highest BCUT2D eigenvalue weighted by Crippen LogP contribution is 2.49. The van der Waals surface area contributed by atoms with Crippen molar-refractivity contribution >= 4 is 28.9 Å². The zero-order chi connectivity index (χ0) is 26.2. The predicted molar refractivity (Wildman–Crippen MR) is 129 cm³/mol. The summed E-state index contributed by atoms with van der Waals surface area (Å²) in [4.78, 5) is 36.2. The summed E-state index contributed by atoms with van der Waals surface area (Å²) in [6, 6.07) is 14.7. The van der Waals surface area contributed by atoms with Gasteiger partial charge in [-0.25, -0.2) is 14.6 Å². The summed E-state index contributed by atoms with van der Waals surface area (Å²) in [6.07, 6.45) is 5.58. The number of terminal acetylenes is 1. The summed E-state index contributed by atoms with van der Waals surface area (Å²) in [5, 5.41) is 9.82. The minimum atomic E-state index is -1.56. The molecule has 1 aliphatic rings. The third kappa shape index (κ3) is 4.23. The summed E-state index contributed by atoms with van der Waals surface area (Å²) < 4.78 is 27.3. The maximum absolute atomic E-state index is 14.0. The number of carboxylic acids is 1. The van der Waals surface area contributed by atoms with Gasteiger partial charge in [0.05, 0.1) is 17.5 Å². The SMILES string of the molecule is C#C[C@]1(COC(=O)c2ccccc2)O[C@@H](n2cnc3c(N)nc(F)nc32)C[C@H]1c1ccccc1C(=O)O. The fourth-order valence-electron chi connectivity index (χ4n) is 4.57. The molecule has 3 heterocycles. The van der Waals surface area contributed by atoms with E-state index in [1.165, 1.54) is 17.0 Å². The highest BCUT2D eigenvalue weighted by atomic mass is 19.1. The van der Waals surface area contributed by atoms with Gasteiger partial charge < -0.3 is 20.3 Å². The molecule has 10 nitrogen and oxygen atoms in total. The first-order valence-electron chi connectivity index (χ1n) is 11.2. The van der Waals surface area contributed by atoms with Crippen LogP contribution >= 0.6 is 0 Å². The number of esters is 1. The van der Waals surface area contributed by atoms with Gasteiger partial charge >= 0.3 is 18.0 Å². The number of carbonyl (C=O) groups excluding carboxylic acids is 1. The Bertz CT molecular complexity index is 1550. The van der Waals surface area contributed by atoms with Crippen molar-refractivity contribution in [2.75, 3.05) is 12.3 Å². The van der Waals surface area contributed by atoms with Crippen molar-refractivity contribution in [2.24, 2.45) is 0 Å². The summed E-state index contributed by atoms with van der Waals surface area (Å²) in [5.74, 6) is -0.0376. The van der Waals surface area contributed by atoms with Gasteiger partial charge in [-0.15, -0.1) is 6.42 Å². The van der Waals surface area contributed by atoms with E-state index >= 15 is 0 Å². The summed E-state index contributed by atoms with van der Waals surface area (Å²) in [7, 11) is 0. The van der Waals surface area contributed by atoms with Crippen molar-refractivity contribution in [1.82, 2.24) is 19.5 Å². The van der Waals surface area contributed by atoms with Crippen LogP contribution in [0.2, 0.25) is 0 Å². The Hall–Kier alpha value is -4.82. The highest BCUT2D eigenvalue weighted by molar-refractivity contribution is 5.90. The van der Waals surface area contributed by atoms with Gasteiger partial charge in [-0.05, 0) is 23.8 Å². The normalized spacial score (nSPS) is 21.0. The molecule has 0 saturated carbocycles. The Morgan fingerprint density at radius 1 is 1.22 bits per heavy atom. The van der Waals surface area contributed by atoms with Crippen LogP contribution in [-0.4, -0.2) is 48.8 Å². The first-order valence-corrected chi connectivity index (χ1v) is 11.2. The molecule has 3 atom stereocenters. The third-order valence-electron chi connectivity index (χ3n) is 6.32. The largest absolute Gasteiger partial charge is 0.478 e. The van der Waals surface area contributed by atoms with Crippen LogP contribution in [0.25, 0.3) is 11.2 Å². The fraction of sp³-hybridized carbons (Fsp3) is 0.192. The van der Waals surface area contributed by atoms with Crippen LogP contribution in [-0.2, 0) is 9.47 Å². The number of nitrogens with zero attached hydrogens (tertiary/aromatic N) is 4. The van der Waals surface area contributed by atoms with Crippen molar-refractivity contribution in [3.05, 3.63) is 83.7 Å². The summed E-state index contributed by atoms with van der Waals surface area (Å²) in [6.45, 7) is -0.371. The second kappa shape index (κ2) is 9.33. The molecule has 3 N–H and O–H groups in total. The number of ether oxygens (including phenoxy) is 2. The maximum atomic E-state index is 14.0. The van der Waals surface area contributed by atoms with Gasteiger partial charge in [-0.1, -0.05) is 42.3 Å². The average molecular weight is 501 g/mol. The van der Waals surface area contributed by atoms with Crippen LogP contribution in [0.5, 0.6) is 0 Å². The lowest BCUT2D eigenvalue weighted by Crippen LogP contribution is -2.39. The van der Waals surface area contributed by atoms with Crippen LogP contribution in [0.4, 0.5) is 10.2 Å². The zero-order valence-corrected chi connectivity index (χ0v) is 19.2. The maximum Gasteiger partial charge on any atom is 0.338 e. The molecule has 1 saturated heterocycles. The van der Waals surface area contributed by atoms with Gasteiger partial charge in [0.25, 0.3) is 0 Å². The van der Waals surface area contributed by atoms with E-state index in [2.05, 4.69) is 20.9 Å². The van der Waals surface area contributed by atoms with Gasteiger partial charge in [-0.3, -0.25) is 4.57 Å². The van der Waals surface area contributed by atoms with Gasteiger partial charge in [0.1, 0.15) is 12.8 Å². The van der Waals surface area contributed by atoms with E-state index in [4.69, 9.17) is 21.6 Å². The molecule has 0 aliphatic carbocycles. The van der Waals surface area contributed by atoms with Gasteiger partial charge in [0, 0.05) is 12.3 Å². The quantitative estimate of drug-likeness (QED) is 0.231. The van der Waals surface area contributed by atoms with Crippen molar-refractivity contribution in [2.45, 2.75) is 24.2 Å². The molecule has 0 bridgehead atoms. The highest BCUT2D eigenvalue weighted by Gasteiger charge is 2.51. The molecular weight excluding hydrogens is 481 g/mol. The number of hydrogen-bond donors (Lipinski definition) is 2. The number of anilines is 1. The Balaban J connectivity index is 1.57. The van der Waals surface area contributed by atoms with E-state index in [1.807, 2.05) is 0 Å². The molecule has 0 amide bonds. The number of benzene rings is 2. The minimum Gasteiger partial charge on any atom is -0.478 e. The van der Waals surface area contributed by atoms with Crippen LogP contribution < -0.4 is 5.73 Å². The molecule has 11 heteroatoms. The smallest absolute Gasteiger partial charge is 0.338 e. The van der Waals surface area contributed by atoms with Crippen molar-refractivity contribution in [3.63, 3.8) is 0 Å². The van der Waals surface area contributed by atoms with Gasteiger partial charge in [-0.2, -0.15) is 14.4 Å². The standard InChI is InChI=1S/C26H20FN5O5/c1-2-26(13-36-24(35)15-8-4-3-5-9-15)18(16-10-6-7-11-17(16)23(33)34)12-19(37-26)32-14-29-20-21(28)30-25(27)31-22(20)32/h1,3-11,14,18-19H,12-13H2,(H,33,34)(H2,28,30,31)/t18-,19+,26+/m0/s1. The molecule has 0 radical (unpaired) electrons. The van der Waals surface area contributed by atoms with Gasteiger partial charge in [0.2, 0.25) is 0 Å². The first kappa shape index (κ1) is 23.9. The molecule has 37 heavy (non-hydrogen) atoms. The van der Waals surface area contributed by atoms with E-state index in [0.717, 1.165) is 0 Å². The van der Waals surface area contributed by atoms with Crippen LogP contribution in [0.15, 0.2) is 60.9 Å². The fourth-order valence-corrected chi connectivity index (χ4v) is 4.57. The number of carbonyl (C=O) groups is 2. The number of rotatable bonds is 6. The molecule has 2 aromatic heterocycles. The number of imidazole rings is 1. The van der Waals surface area contributed by atoms with E-state index in [9.17, 15) is 19.1 Å². The Kier molecular flexibility index (Phi) is 6.02. The molecule has 186 valence electrons. The Morgan fingerprint density at radius 2 is 1.95 bits per heavy atom. The third-order valence-corrected chi connectivity index (χ3v) is 6.32. The second-order valence-corrected chi connectivity index (χ2v) is 8.43. The molecule has 2 aromatic carbocycles. The lowest BCUT2D eigenvalue weighted by atomic mass is 9.80. The number of nitrogens with two attached hydrogens (primary N) is 1. The summed E-state index contributed by atoms with van der Waals surface area (Å²) >= 11 is 0. The van der Waals surface area contributed by atoms with E-state index in [-0.39, 0.29) is 35.6 Å². The van der Waals surface area contributed by atoms with Crippen LogP contribution in [0.3, 0.4) is 0 Å². The lowest BCUT2D eigenvalue weighted by Gasteiger charge is -2.30. The average Bonchev–Trinajstić information content (AvgIpc) is 3.50. The molecule has 0 spiro atoms. The molecule has 5 rings (SSSR count). The van der Waals surface area contributed by atoms with Crippen LogP contribution in [0.1, 0.15) is 44.8 Å². The predicted octanol–water partition coefficient (Wildman–Crippen LogP) is 3.18. The molecule has 1 fully saturated rings. The monoisotopic (exact) mass is 501 g/mol. The van der Waals surface area contributed by atoms with E-state index < -0.39 is 35.8 Å². The Labute approximate surface area is 209 Å². The number of nitrogen functional groups attached to an aromatic ring is 1. The van der Waals surface area contributed by atoms with Gasteiger partial charge in [0.15, 0.2) is 22.6 Å². The van der Waals surface area contributed by atoms with E-state index in [0.29, 0.717) is 11.1 Å². The lowest BCUT2D eigenvalue weighted by molar-refractivity contribution is -0.0720. The number of halogens is 1. The number of hydrogen-bond acceptors (Lipinski definition) is 8. The van der Waals surface area contributed by atoms with Crippen LogP contribution in [0, 0.1) is 18.4 Å². The molecule has 0 unspecified atom stereocenters.